The van der Waals surface area contributed by atoms with Crippen molar-refractivity contribution in [3.63, 3.8) is 0 Å². The molecule has 1 saturated heterocycles. The molecule has 0 aromatic heterocycles. The zero-order chi connectivity index (χ0) is 27.8. The fourth-order valence-electron chi connectivity index (χ4n) is 5.55. The fourth-order valence-corrected chi connectivity index (χ4v) is 5.55. The van der Waals surface area contributed by atoms with Gasteiger partial charge in [0.05, 0.1) is 5.60 Å². The number of carbonyl (C=O) groups excluding carboxylic acids is 1. The molecule has 1 atom stereocenters. The van der Waals surface area contributed by atoms with E-state index in [0.717, 1.165) is 43.2 Å². The average Bonchev–Trinajstić information content (AvgIpc) is 3.64. The number of hydrogen-bond acceptors (Lipinski definition) is 5. The molecule has 2 aromatic carbocycles. The van der Waals surface area contributed by atoms with Crippen LogP contribution in [0.25, 0.3) is 0 Å². The minimum Gasteiger partial charge on any atom is -0.374 e. The number of rotatable bonds is 4. The van der Waals surface area contributed by atoms with Crippen LogP contribution in [0.5, 0.6) is 0 Å². The number of fused-ring (bicyclic) bond motifs is 1. The number of benzene rings is 2. The summed E-state index contributed by atoms with van der Waals surface area (Å²) in [5.41, 5.74) is 12.4. The van der Waals surface area contributed by atoms with Crippen molar-refractivity contribution in [1.29, 1.82) is 0 Å². The molecule has 2 aliphatic heterocycles. The lowest BCUT2D eigenvalue weighted by atomic mass is 9.90. The maximum atomic E-state index is 8.00. The van der Waals surface area contributed by atoms with Crippen molar-refractivity contribution in [3.8, 4) is 0 Å². The van der Waals surface area contributed by atoms with Crippen molar-refractivity contribution < 1.29 is 9.53 Å². The zero-order valence-corrected chi connectivity index (χ0v) is 24.3. The van der Waals surface area contributed by atoms with Crippen LogP contribution in [-0.2, 0) is 28.8 Å². The second-order valence-corrected chi connectivity index (χ2v) is 9.65. The van der Waals surface area contributed by atoms with Gasteiger partial charge in [-0.25, -0.2) is 0 Å². The predicted octanol–water partition coefficient (Wildman–Crippen LogP) is 7.44. The molecule has 5 rings (SSSR count). The van der Waals surface area contributed by atoms with Crippen LogP contribution in [0.1, 0.15) is 101 Å². The first kappa shape index (κ1) is 30.3. The number of amidine groups is 1. The molecule has 37 heavy (non-hydrogen) atoms. The molecule has 3 aliphatic rings. The van der Waals surface area contributed by atoms with Crippen molar-refractivity contribution in [1.82, 2.24) is 5.43 Å². The highest BCUT2D eigenvalue weighted by molar-refractivity contribution is 6.14. The van der Waals surface area contributed by atoms with Gasteiger partial charge in [0.1, 0.15) is 12.6 Å². The highest BCUT2D eigenvalue weighted by atomic mass is 16.5. The van der Waals surface area contributed by atoms with E-state index in [9.17, 15) is 0 Å². The van der Waals surface area contributed by atoms with Crippen LogP contribution >= 0.6 is 0 Å². The van der Waals surface area contributed by atoms with E-state index in [2.05, 4.69) is 74.9 Å². The number of nitrogens with one attached hydrogen (secondary N) is 1. The van der Waals surface area contributed by atoms with Crippen LogP contribution in [0.15, 0.2) is 47.8 Å². The minimum absolute atomic E-state index is 0.0386. The first-order valence-electron chi connectivity index (χ1n) is 13.9. The molecular formula is C32H47N3O2. The molecular weight excluding hydrogens is 458 g/mol. The molecule has 0 amide bonds. The molecule has 5 nitrogen and oxygen atoms in total. The second kappa shape index (κ2) is 13.6. The highest BCUT2D eigenvalue weighted by Gasteiger charge is 2.41. The number of hydrogen-bond donors (Lipinski definition) is 1. The van der Waals surface area contributed by atoms with E-state index in [0.29, 0.717) is 5.92 Å². The lowest BCUT2D eigenvalue weighted by molar-refractivity contribution is -0.0980. The summed E-state index contributed by atoms with van der Waals surface area (Å²) in [5.74, 6) is 2.20. The number of nitrogens with zero attached hydrogens (tertiary/aromatic N) is 2. The average molecular weight is 506 g/mol. The highest BCUT2D eigenvalue weighted by Crippen LogP contribution is 2.41. The number of anilines is 1. The molecule has 5 heteroatoms. The lowest BCUT2D eigenvalue weighted by Crippen LogP contribution is -2.28. The maximum Gasteiger partial charge on any atom is 0.166 e. The Bertz CT molecular complexity index is 1100. The van der Waals surface area contributed by atoms with Crippen LogP contribution in [0.2, 0.25) is 0 Å². The summed E-state index contributed by atoms with van der Waals surface area (Å²) in [7, 11) is 0. The van der Waals surface area contributed by atoms with Crippen LogP contribution in [-0.4, -0.2) is 24.8 Å². The fraction of sp³-hybridized carbons (Fsp3) is 0.500. The second-order valence-electron chi connectivity index (χ2n) is 9.65. The Balaban J connectivity index is 0.000000750. The van der Waals surface area contributed by atoms with E-state index in [-0.39, 0.29) is 5.60 Å². The van der Waals surface area contributed by atoms with Gasteiger partial charge in [0.25, 0.3) is 0 Å². The molecule has 0 bridgehead atoms. The molecule has 1 fully saturated rings. The Morgan fingerprint density at radius 2 is 1.76 bits per heavy atom. The number of hydrazone groups is 1. The summed E-state index contributed by atoms with van der Waals surface area (Å²) in [6.07, 6.45) is 5.44. The van der Waals surface area contributed by atoms with Gasteiger partial charge in [0.15, 0.2) is 5.84 Å². The van der Waals surface area contributed by atoms with E-state index in [1.54, 1.807) is 0 Å². The van der Waals surface area contributed by atoms with E-state index in [4.69, 9.17) is 14.6 Å². The van der Waals surface area contributed by atoms with Crippen molar-refractivity contribution in [2.75, 3.05) is 11.5 Å². The largest absolute Gasteiger partial charge is 0.374 e. The summed E-state index contributed by atoms with van der Waals surface area (Å²) >= 11 is 0. The van der Waals surface area contributed by atoms with Gasteiger partial charge >= 0.3 is 0 Å². The van der Waals surface area contributed by atoms with Crippen molar-refractivity contribution in [3.05, 3.63) is 76.1 Å². The topological polar surface area (TPSA) is 53.9 Å². The minimum atomic E-state index is 0.0386. The molecule has 2 aromatic rings. The zero-order valence-electron chi connectivity index (χ0n) is 24.3. The molecule has 2 heterocycles. The van der Waals surface area contributed by atoms with Gasteiger partial charge in [-0.2, -0.15) is 5.10 Å². The Hall–Kier alpha value is -2.92. The first-order chi connectivity index (χ1) is 17.9. The van der Waals surface area contributed by atoms with Crippen LogP contribution in [0.3, 0.4) is 0 Å². The van der Waals surface area contributed by atoms with E-state index >= 15 is 0 Å². The summed E-state index contributed by atoms with van der Waals surface area (Å²) < 4.78 is 6.17. The van der Waals surface area contributed by atoms with Gasteiger partial charge in [-0.15, -0.1) is 0 Å². The molecule has 202 valence electrons. The SMILES string of the molecule is C=C1NN=C(c2cc(C(C)C)c(CC)cc2C)N1c1ccc2c(c1)CC1(CCCO1)C2.C=O.CC.CC. The third kappa shape index (κ3) is 6.15. The number of carbonyl (C=O) groups is 1. The Kier molecular flexibility index (Phi) is 11.1. The van der Waals surface area contributed by atoms with Crippen LogP contribution < -0.4 is 10.3 Å². The van der Waals surface area contributed by atoms with E-state index in [1.165, 1.54) is 46.2 Å². The Labute approximate surface area is 225 Å². The van der Waals surface area contributed by atoms with Crippen molar-refractivity contribution in [2.45, 2.75) is 99.0 Å². The molecule has 0 radical (unpaired) electrons. The summed E-state index contributed by atoms with van der Waals surface area (Å²) in [5, 5.41) is 4.69. The monoisotopic (exact) mass is 505 g/mol. The summed E-state index contributed by atoms with van der Waals surface area (Å²) in [4.78, 5) is 10.2. The summed E-state index contributed by atoms with van der Waals surface area (Å²) in [6.45, 7) is 24.1. The van der Waals surface area contributed by atoms with Crippen molar-refractivity contribution in [2.24, 2.45) is 5.10 Å². The van der Waals surface area contributed by atoms with Gasteiger partial charge < -0.3 is 9.53 Å². The van der Waals surface area contributed by atoms with Crippen LogP contribution in [0.4, 0.5) is 5.69 Å². The molecule has 1 N–H and O–H groups in total. The first-order valence-corrected chi connectivity index (χ1v) is 13.9. The van der Waals surface area contributed by atoms with Gasteiger partial charge in [-0.05, 0) is 78.1 Å². The van der Waals surface area contributed by atoms with Crippen LogP contribution in [0, 0.1) is 6.92 Å². The molecule has 1 spiro atoms. The third-order valence-corrected chi connectivity index (χ3v) is 7.16. The van der Waals surface area contributed by atoms with Gasteiger partial charge in [-0.3, -0.25) is 10.3 Å². The molecule has 1 unspecified atom stereocenters. The molecule has 1 aliphatic carbocycles. The lowest BCUT2D eigenvalue weighted by Gasteiger charge is -2.24. The Morgan fingerprint density at radius 1 is 1.08 bits per heavy atom. The predicted molar refractivity (Wildman–Crippen MR) is 158 cm³/mol. The van der Waals surface area contributed by atoms with E-state index in [1.807, 2.05) is 34.5 Å². The standard InChI is InChI=1S/C27H33N3O.2C2H6.CH2O/c1-6-20-12-18(4)25(14-24(20)17(2)3)26-29-28-19(5)30(26)23-9-8-21-15-27(10-7-11-31-27)16-22(21)13-23;3*1-2/h8-9,12-14,17,28H,5-7,10-11,15-16H2,1-4H3;2*1-2H3;1H2. The third-order valence-electron chi connectivity index (χ3n) is 7.16. The number of aryl methyl sites for hydroxylation is 2. The van der Waals surface area contributed by atoms with E-state index < -0.39 is 0 Å². The normalized spacial score (nSPS) is 19.2. The van der Waals surface area contributed by atoms with Gasteiger partial charge in [0, 0.05) is 30.7 Å². The van der Waals surface area contributed by atoms with Gasteiger partial charge in [-0.1, -0.05) is 67.2 Å². The maximum absolute atomic E-state index is 8.00. The Morgan fingerprint density at radius 3 is 2.35 bits per heavy atom. The van der Waals surface area contributed by atoms with Gasteiger partial charge in [0.2, 0.25) is 0 Å². The molecule has 0 saturated carbocycles. The van der Waals surface area contributed by atoms with Crippen molar-refractivity contribution >= 4 is 18.3 Å². The quantitative estimate of drug-likeness (QED) is 0.469. The summed E-state index contributed by atoms with van der Waals surface area (Å²) in [6, 6.07) is 11.5. The smallest absolute Gasteiger partial charge is 0.166 e. The number of ether oxygens (including phenoxy) is 1.